The standard InChI is InChI=1S/C11H18N2O3S2/c1-8-5-9(2)17-11(8)18(14,15)13-7-10-6-12-3-4-16-10/h5,10,12-13H,3-4,6-7H2,1-2H3. The van der Waals surface area contributed by atoms with Crippen LogP contribution in [0.4, 0.5) is 0 Å². The summed E-state index contributed by atoms with van der Waals surface area (Å²) in [5.74, 6) is 0. The highest BCUT2D eigenvalue weighted by atomic mass is 32.2. The summed E-state index contributed by atoms with van der Waals surface area (Å²) in [6.07, 6.45) is -0.0881. The minimum Gasteiger partial charge on any atom is -0.374 e. The molecule has 7 heteroatoms. The van der Waals surface area contributed by atoms with Crippen LogP contribution in [0.1, 0.15) is 10.4 Å². The molecule has 1 aromatic heterocycles. The smallest absolute Gasteiger partial charge is 0.250 e. The van der Waals surface area contributed by atoms with Gasteiger partial charge in [-0.3, -0.25) is 0 Å². The summed E-state index contributed by atoms with van der Waals surface area (Å²) in [5, 5.41) is 3.17. The van der Waals surface area contributed by atoms with E-state index in [1.807, 2.05) is 19.9 Å². The molecule has 18 heavy (non-hydrogen) atoms. The predicted octanol–water partition coefficient (Wildman–Crippen LogP) is 0.632. The number of hydrogen-bond donors (Lipinski definition) is 2. The minimum absolute atomic E-state index is 0.0881. The third kappa shape index (κ3) is 3.30. The van der Waals surface area contributed by atoms with Crippen molar-refractivity contribution in [1.29, 1.82) is 0 Å². The van der Waals surface area contributed by atoms with E-state index in [2.05, 4.69) is 10.0 Å². The number of thiophene rings is 1. The molecule has 2 heterocycles. The monoisotopic (exact) mass is 290 g/mol. The highest BCUT2D eigenvalue weighted by Gasteiger charge is 2.22. The lowest BCUT2D eigenvalue weighted by Crippen LogP contribution is -2.45. The molecule has 2 N–H and O–H groups in total. The largest absolute Gasteiger partial charge is 0.374 e. The summed E-state index contributed by atoms with van der Waals surface area (Å²) >= 11 is 1.30. The molecule has 0 aromatic carbocycles. The Morgan fingerprint density at radius 1 is 1.56 bits per heavy atom. The fourth-order valence-corrected chi connectivity index (χ4v) is 4.68. The zero-order valence-electron chi connectivity index (χ0n) is 10.5. The summed E-state index contributed by atoms with van der Waals surface area (Å²) in [4.78, 5) is 1.00. The van der Waals surface area contributed by atoms with Gasteiger partial charge in [0.2, 0.25) is 10.0 Å². The predicted molar refractivity (Wildman–Crippen MR) is 71.6 cm³/mol. The van der Waals surface area contributed by atoms with Gasteiger partial charge in [0.15, 0.2) is 0 Å². The van der Waals surface area contributed by atoms with Gasteiger partial charge in [0.05, 0.1) is 12.7 Å². The third-order valence-electron chi connectivity index (χ3n) is 2.74. The highest BCUT2D eigenvalue weighted by Crippen LogP contribution is 2.25. The average Bonchev–Trinajstić information content (AvgIpc) is 2.68. The van der Waals surface area contributed by atoms with Crippen molar-refractivity contribution in [3.63, 3.8) is 0 Å². The van der Waals surface area contributed by atoms with Crippen LogP contribution in [-0.4, -0.2) is 40.8 Å². The lowest BCUT2D eigenvalue weighted by atomic mass is 10.3. The Morgan fingerprint density at radius 3 is 2.89 bits per heavy atom. The van der Waals surface area contributed by atoms with Gasteiger partial charge in [0.25, 0.3) is 0 Å². The Labute approximate surface area is 112 Å². The molecule has 0 amide bonds. The zero-order chi connectivity index (χ0) is 13.2. The molecule has 5 nitrogen and oxygen atoms in total. The number of rotatable bonds is 4. The topological polar surface area (TPSA) is 67.4 Å². The second-order valence-corrected chi connectivity index (χ2v) is 7.59. The first-order valence-electron chi connectivity index (χ1n) is 5.88. The SMILES string of the molecule is Cc1cc(C)c(S(=O)(=O)NCC2CNCCO2)s1. The molecule has 1 fully saturated rings. The van der Waals surface area contributed by atoms with Gasteiger partial charge in [-0.05, 0) is 25.5 Å². The van der Waals surface area contributed by atoms with E-state index in [0.29, 0.717) is 23.9 Å². The summed E-state index contributed by atoms with van der Waals surface area (Å²) in [6, 6.07) is 1.89. The van der Waals surface area contributed by atoms with Crippen LogP contribution in [0.2, 0.25) is 0 Å². The van der Waals surface area contributed by atoms with E-state index in [0.717, 1.165) is 17.0 Å². The Balaban J connectivity index is 2.01. The van der Waals surface area contributed by atoms with Crippen molar-refractivity contribution in [2.45, 2.75) is 24.2 Å². The van der Waals surface area contributed by atoms with E-state index >= 15 is 0 Å². The van der Waals surface area contributed by atoms with Gasteiger partial charge in [-0.1, -0.05) is 0 Å². The van der Waals surface area contributed by atoms with E-state index in [1.165, 1.54) is 11.3 Å². The number of aryl methyl sites for hydroxylation is 2. The molecule has 1 aliphatic rings. The Morgan fingerprint density at radius 2 is 2.33 bits per heavy atom. The number of morpholine rings is 1. The average molecular weight is 290 g/mol. The van der Waals surface area contributed by atoms with Crippen LogP contribution < -0.4 is 10.0 Å². The lowest BCUT2D eigenvalue weighted by molar-refractivity contribution is 0.0324. The van der Waals surface area contributed by atoms with Crippen molar-refractivity contribution in [3.05, 3.63) is 16.5 Å². The summed E-state index contributed by atoms with van der Waals surface area (Å²) in [5.41, 5.74) is 0.799. The van der Waals surface area contributed by atoms with Crippen LogP contribution in [0.25, 0.3) is 0 Å². The quantitative estimate of drug-likeness (QED) is 0.853. The second-order valence-electron chi connectivity index (χ2n) is 4.38. The molecule has 0 saturated carbocycles. The number of sulfonamides is 1. The number of ether oxygens (including phenoxy) is 1. The molecule has 2 rings (SSSR count). The van der Waals surface area contributed by atoms with E-state index in [-0.39, 0.29) is 6.10 Å². The van der Waals surface area contributed by atoms with Crippen molar-refractivity contribution >= 4 is 21.4 Å². The van der Waals surface area contributed by atoms with E-state index < -0.39 is 10.0 Å². The molecule has 1 atom stereocenters. The first-order valence-corrected chi connectivity index (χ1v) is 8.18. The van der Waals surface area contributed by atoms with Crippen molar-refractivity contribution in [1.82, 2.24) is 10.0 Å². The molecular formula is C11H18N2O3S2. The van der Waals surface area contributed by atoms with E-state index in [4.69, 9.17) is 4.74 Å². The molecule has 0 bridgehead atoms. The van der Waals surface area contributed by atoms with Crippen LogP contribution >= 0.6 is 11.3 Å². The van der Waals surface area contributed by atoms with Gasteiger partial charge < -0.3 is 10.1 Å². The first-order chi connectivity index (χ1) is 8.49. The normalized spacial score (nSPS) is 21.1. The molecule has 1 unspecified atom stereocenters. The maximum atomic E-state index is 12.1. The van der Waals surface area contributed by atoms with Crippen LogP contribution in [-0.2, 0) is 14.8 Å². The molecule has 0 radical (unpaired) electrons. The van der Waals surface area contributed by atoms with Crippen LogP contribution in [0.3, 0.4) is 0 Å². The summed E-state index contributed by atoms with van der Waals surface area (Å²) < 4.78 is 32.7. The van der Waals surface area contributed by atoms with Crippen LogP contribution in [0, 0.1) is 13.8 Å². The molecule has 102 valence electrons. The third-order valence-corrected chi connectivity index (χ3v) is 5.96. The highest BCUT2D eigenvalue weighted by molar-refractivity contribution is 7.91. The van der Waals surface area contributed by atoms with Crippen molar-refractivity contribution in [2.24, 2.45) is 0 Å². The van der Waals surface area contributed by atoms with E-state index in [1.54, 1.807) is 0 Å². The Hall–Kier alpha value is -0.470. The maximum Gasteiger partial charge on any atom is 0.250 e. The van der Waals surface area contributed by atoms with E-state index in [9.17, 15) is 8.42 Å². The second kappa shape index (κ2) is 5.66. The van der Waals surface area contributed by atoms with Gasteiger partial charge in [0, 0.05) is 24.5 Å². The molecular weight excluding hydrogens is 272 g/mol. The Kier molecular flexibility index (Phi) is 4.39. The van der Waals surface area contributed by atoms with Gasteiger partial charge in [-0.25, -0.2) is 13.1 Å². The van der Waals surface area contributed by atoms with Gasteiger partial charge in [0.1, 0.15) is 4.21 Å². The van der Waals surface area contributed by atoms with Crippen molar-refractivity contribution < 1.29 is 13.2 Å². The fraction of sp³-hybridized carbons (Fsp3) is 0.636. The molecule has 0 aliphatic carbocycles. The maximum absolute atomic E-state index is 12.1. The summed E-state index contributed by atoms with van der Waals surface area (Å²) in [6.45, 7) is 6.17. The molecule has 1 aromatic rings. The Bertz CT molecular complexity index is 504. The zero-order valence-corrected chi connectivity index (χ0v) is 12.2. The fourth-order valence-electron chi connectivity index (χ4n) is 1.91. The number of hydrogen-bond acceptors (Lipinski definition) is 5. The van der Waals surface area contributed by atoms with Crippen molar-refractivity contribution in [3.8, 4) is 0 Å². The first kappa shape index (κ1) is 14.0. The van der Waals surface area contributed by atoms with Crippen LogP contribution in [0.5, 0.6) is 0 Å². The van der Waals surface area contributed by atoms with Gasteiger partial charge in [-0.15, -0.1) is 11.3 Å². The van der Waals surface area contributed by atoms with Crippen molar-refractivity contribution in [2.75, 3.05) is 26.2 Å². The van der Waals surface area contributed by atoms with Gasteiger partial charge >= 0.3 is 0 Å². The number of nitrogens with one attached hydrogen (secondary N) is 2. The molecule has 1 saturated heterocycles. The minimum atomic E-state index is -3.41. The molecule has 1 aliphatic heterocycles. The van der Waals surface area contributed by atoms with Gasteiger partial charge in [-0.2, -0.15) is 0 Å². The molecule has 0 spiro atoms. The summed E-state index contributed by atoms with van der Waals surface area (Å²) in [7, 11) is -3.41. The lowest BCUT2D eigenvalue weighted by Gasteiger charge is -2.23. The van der Waals surface area contributed by atoms with Crippen LogP contribution in [0.15, 0.2) is 10.3 Å².